The number of halogens is 1. The number of H-pyrrole nitrogens is 1. The quantitative estimate of drug-likeness (QED) is 0.261. The minimum absolute atomic E-state index is 0.154. The van der Waals surface area contributed by atoms with Gasteiger partial charge in [0.05, 0.1) is 16.0 Å². The summed E-state index contributed by atoms with van der Waals surface area (Å²) in [6.07, 6.45) is 3.25. The Kier molecular flexibility index (Phi) is 9.12. The van der Waals surface area contributed by atoms with Crippen LogP contribution in [0.3, 0.4) is 0 Å². The first kappa shape index (κ1) is 29.5. The van der Waals surface area contributed by atoms with E-state index in [4.69, 9.17) is 0 Å². The fourth-order valence-electron chi connectivity index (χ4n) is 4.68. The molecule has 3 aromatic rings. The molecule has 210 valence electrons. The van der Waals surface area contributed by atoms with Crippen LogP contribution in [-0.2, 0) is 14.6 Å². The number of likely N-dealkylation sites (N-methyl/N-ethyl adjacent to an activating group) is 1. The lowest BCUT2D eigenvalue weighted by Gasteiger charge is -2.18. The molecule has 0 saturated heterocycles. The van der Waals surface area contributed by atoms with Gasteiger partial charge in [-0.2, -0.15) is 0 Å². The molecule has 0 atom stereocenters. The SMILES string of the molecule is CCN(CC)CCNC(=O)c1c(C)[nH]c(/C=C2\C(=O)Nc3ccc(/C=C/S(=O)(=O)c4ccc(Br)cc4)cc32)c1C. The Morgan fingerprint density at radius 3 is 2.45 bits per heavy atom. The molecule has 0 aliphatic carbocycles. The lowest BCUT2D eigenvalue weighted by molar-refractivity contribution is -0.110. The van der Waals surface area contributed by atoms with Gasteiger partial charge < -0.3 is 20.5 Å². The predicted octanol–water partition coefficient (Wildman–Crippen LogP) is 5.40. The Labute approximate surface area is 243 Å². The van der Waals surface area contributed by atoms with Gasteiger partial charge in [0.2, 0.25) is 0 Å². The minimum Gasteiger partial charge on any atom is -0.358 e. The maximum atomic E-state index is 13.0. The summed E-state index contributed by atoms with van der Waals surface area (Å²) in [5, 5.41) is 7.02. The third-order valence-electron chi connectivity index (χ3n) is 7.01. The number of carbonyl (C=O) groups excluding carboxylic acids is 2. The van der Waals surface area contributed by atoms with Crippen LogP contribution in [0.5, 0.6) is 0 Å². The number of hydrogen-bond acceptors (Lipinski definition) is 5. The Morgan fingerprint density at radius 1 is 1.07 bits per heavy atom. The first-order valence-corrected chi connectivity index (χ1v) is 15.4. The fourth-order valence-corrected chi connectivity index (χ4v) is 5.96. The molecule has 0 unspecified atom stereocenters. The van der Waals surface area contributed by atoms with Gasteiger partial charge in [0, 0.05) is 45.6 Å². The van der Waals surface area contributed by atoms with Gasteiger partial charge in [-0.1, -0.05) is 35.8 Å². The number of nitrogens with zero attached hydrogens (tertiary/aromatic N) is 1. The van der Waals surface area contributed by atoms with E-state index in [-0.39, 0.29) is 16.7 Å². The number of fused-ring (bicyclic) bond motifs is 1. The van der Waals surface area contributed by atoms with Gasteiger partial charge in [-0.3, -0.25) is 9.59 Å². The second kappa shape index (κ2) is 12.4. The summed E-state index contributed by atoms with van der Waals surface area (Å²) in [5.74, 6) is -0.422. The fraction of sp³-hybridized carbons (Fsp3) is 0.267. The average molecular weight is 626 g/mol. The van der Waals surface area contributed by atoms with Crippen molar-refractivity contribution in [3.05, 3.63) is 86.0 Å². The summed E-state index contributed by atoms with van der Waals surface area (Å²) in [6, 6.07) is 11.7. The van der Waals surface area contributed by atoms with Gasteiger partial charge in [-0.05, 0) is 86.6 Å². The number of benzene rings is 2. The van der Waals surface area contributed by atoms with E-state index in [0.29, 0.717) is 40.2 Å². The molecule has 0 bridgehead atoms. The van der Waals surface area contributed by atoms with Crippen LogP contribution in [-0.4, -0.2) is 56.3 Å². The highest BCUT2D eigenvalue weighted by Crippen LogP contribution is 2.35. The van der Waals surface area contributed by atoms with Crippen LogP contribution in [0.15, 0.2) is 57.2 Å². The monoisotopic (exact) mass is 624 g/mol. The van der Waals surface area contributed by atoms with Crippen LogP contribution in [0.1, 0.15) is 52.3 Å². The molecule has 1 aromatic heterocycles. The van der Waals surface area contributed by atoms with E-state index in [0.717, 1.165) is 40.8 Å². The van der Waals surface area contributed by atoms with Crippen LogP contribution in [0.4, 0.5) is 5.69 Å². The summed E-state index contributed by atoms with van der Waals surface area (Å²) in [6.45, 7) is 11.0. The highest BCUT2D eigenvalue weighted by Gasteiger charge is 2.26. The Balaban J connectivity index is 1.58. The zero-order chi connectivity index (χ0) is 29.0. The van der Waals surface area contributed by atoms with Gasteiger partial charge >= 0.3 is 0 Å². The molecule has 40 heavy (non-hydrogen) atoms. The van der Waals surface area contributed by atoms with Crippen LogP contribution < -0.4 is 10.6 Å². The molecule has 10 heteroatoms. The topological polar surface area (TPSA) is 111 Å². The highest BCUT2D eigenvalue weighted by atomic mass is 79.9. The Bertz CT molecular complexity index is 1600. The molecule has 1 aliphatic heterocycles. The van der Waals surface area contributed by atoms with Crippen molar-refractivity contribution < 1.29 is 18.0 Å². The summed E-state index contributed by atoms with van der Waals surface area (Å²) < 4.78 is 26.3. The second-order valence-electron chi connectivity index (χ2n) is 9.57. The van der Waals surface area contributed by atoms with Gasteiger partial charge in [-0.15, -0.1) is 0 Å². The average Bonchev–Trinajstić information content (AvgIpc) is 3.39. The number of sulfone groups is 1. The Morgan fingerprint density at radius 2 is 1.77 bits per heavy atom. The van der Waals surface area contributed by atoms with Gasteiger partial charge in [0.15, 0.2) is 9.84 Å². The van der Waals surface area contributed by atoms with E-state index in [1.807, 2.05) is 13.8 Å². The lowest BCUT2D eigenvalue weighted by Crippen LogP contribution is -2.35. The summed E-state index contributed by atoms with van der Waals surface area (Å²) in [5.41, 5.74) is 5.07. The van der Waals surface area contributed by atoms with Gasteiger partial charge in [0.25, 0.3) is 11.8 Å². The van der Waals surface area contributed by atoms with Crippen LogP contribution in [0.2, 0.25) is 0 Å². The zero-order valence-electron chi connectivity index (χ0n) is 23.0. The van der Waals surface area contributed by atoms with Crippen molar-refractivity contribution in [2.24, 2.45) is 0 Å². The maximum absolute atomic E-state index is 13.0. The number of hydrogen-bond donors (Lipinski definition) is 3. The van der Waals surface area contributed by atoms with Crippen molar-refractivity contribution in [3.63, 3.8) is 0 Å². The third kappa shape index (κ3) is 6.46. The maximum Gasteiger partial charge on any atom is 0.256 e. The number of rotatable bonds is 10. The van der Waals surface area contributed by atoms with E-state index in [9.17, 15) is 18.0 Å². The number of nitrogens with one attached hydrogen (secondary N) is 3. The number of aromatic nitrogens is 1. The molecule has 0 saturated carbocycles. The highest BCUT2D eigenvalue weighted by molar-refractivity contribution is 9.10. The second-order valence-corrected chi connectivity index (χ2v) is 12.3. The molecule has 2 aromatic carbocycles. The van der Waals surface area contributed by atoms with Crippen molar-refractivity contribution in [1.82, 2.24) is 15.2 Å². The van der Waals surface area contributed by atoms with Gasteiger partial charge in [-0.25, -0.2) is 8.42 Å². The summed E-state index contributed by atoms with van der Waals surface area (Å²) >= 11 is 3.31. The zero-order valence-corrected chi connectivity index (χ0v) is 25.4. The van der Waals surface area contributed by atoms with Crippen molar-refractivity contribution >= 4 is 61.0 Å². The molecule has 2 heterocycles. The number of amides is 2. The standard InChI is InChI=1S/C30H33BrN4O4S/c1-5-35(6-2)15-14-32-30(37)28-19(3)27(33-20(28)4)18-25-24-17-21(7-12-26(24)34-29(25)36)13-16-40(38,39)23-10-8-22(31)9-11-23/h7-13,16-18,33H,5-6,14-15H2,1-4H3,(H,32,37)(H,34,36)/b16-13+,25-18-. The normalized spacial score (nSPS) is 14.2. The molecular weight excluding hydrogens is 592 g/mol. The van der Waals surface area contributed by atoms with E-state index in [1.54, 1.807) is 36.4 Å². The van der Waals surface area contributed by atoms with Crippen LogP contribution >= 0.6 is 15.9 Å². The smallest absolute Gasteiger partial charge is 0.256 e. The summed E-state index contributed by atoms with van der Waals surface area (Å²) in [7, 11) is -3.64. The molecule has 0 radical (unpaired) electrons. The first-order valence-electron chi connectivity index (χ1n) is 13.1. The third-order valence-corrected chi connectivity index (χ3v) is 8.96. The lowest BCUT2D eigenvalue weighted by atomic mass is 10.0. The number of aryl methyl sites for hydroxylation is 1. The molecule has 0 fully saturated rings. The van der Waals surface area contributed by atoms with E-state index >= 15 is 0 Å². The number of aromatic amines is 1. The number of anilines is 1. The van der Waals surface area contributed by atoms with E-state index < -0.39 is 9.84 Å². The van der Waals surface area contributed by atoms with Crippen molar-refractivity contribution in [1.29, 1.82) is 0 Å². The van der Waals surface area contributed by atoms with E-state index in [2.05, 4.69) is 50.3 Å². The molecule has 2 amide bonds. The number of carbonyl (C=O) groups is 2. The molecular formula is C30H33BrN4O4S. The first-order chi connectivity index (χ1) is 19.0. The molecule has 8 nitrogen and oxygen atoms in total. The minimum atomic E-state index is -3.64. The Hall–Kier alpha value is -3.47. The largest absolute Gasteiger partial charge is 0.358 e. The van der Waals surface area contributed by atoms with Crippen LogP contribution in [0.25, 0.3) is 17.7 Å². The van der Waals surface area contributed by atoms with Crippen LogP contribution in [0, 0.1) is 13.8 Å². The molecule has 4 rings (SSSR count). The van der Waals surface area contributed by atoms with Crippen molar-refractivity contribution in [2.75, 3.05) is 31.5 Å². The molecule has 1 aliphatic rings. The predicted molar refractivity (Wildman–Crippen MR) is 164 cm³/mol. The molecule has 0 spiro atoms. The van der Waals surface area contributed by atoms with Crippen molar-refractivity contribution in [2.45, 2.75) is 32.6 Å². The van der Waals surface area contributed by atoms with E-state index in [1.165, 1.54) is 18.2 Å². The molecule has 3 N–H and O–H groups in total. The van der Waals surface area contributed by atoms with Gasteiger partial charge in [0.1, 0.15) is 0 Å². The van der Waals surface area contributed by atoms with Crippen molar-refractivity contribution in [3.8, 4) is 0 Å². The summed E-state index contributed by atoms with van der Waals surface area (Å²) in [4.78, 5) is 31.5.